The van der Waals surface area contributed by atoms with E-state index in [0.29, 0.717) is 23.4 Å². The smallest absolute Gasteiger partial charge is 0.0687 e. The minimum Gasteiger partial charge on any atom is -0.396 e. The van der Waals surface area contributed by atoms with Crippen LogP contribution >= 0.6 is 0 Å². The molecule has 4 saturated carbocycles. The van der Waals surface area contributed by atoms with Crippen molar-refractivity contribution in [3.8, 4) is 0 Å². The fraction of sp³-hybridized carbons (Fsp3) is 1.00. The molecule has 0 aromatic rings. The maximum absolute atomic E-state index is 11.4. The van der Waals surface area contributed by atoms with Crippen molar-refractivity contribution in [2.24, 2.45) is 22.2 Å². The quantitative estimate of drug-likeness (QED) is 0.765. The Bertz CT molecular complexity index is 427. The van der Waals surface area contributed by atoms with Crippen molar-refractivity contribution in [3.63, 3.8) is 0 Å². The van der Waals surface area contributed by atoms with E-state index in [1.54, 1.807) is 0 Å². The summed E-state index contributed by atoms with van der Waals surface area (Å²) in [5, 5.41) is 21.9. The summed E-state index contributed by atoms with van der Waals surface area (Å²) in [4.78, 5) is 0. The Labute approximate surface area is 129 Å². The van der Waals surface area contributed by atoms with Gasteiger partial charge in [0.15, 0.2) is 0 Å². The van der Waals surface area contributed by atoms with Crippen LogP contribution in [-0.2, 0) is 0 Å². The standard InChI is InChI=1S/C19H32O2/c1-16-6-5-9-19(21,13-16)15-12-17(7-3-2-4-8-17)18(15,14-20)11-10-16/h15,20-21H,2-14H2,1H3. The zero-order chi connectivity index (χ0) is 14.8. The average Bonchev–Trinajstić information content (AvgIpc) is 2.51. The van der Waals surface area contributed by atoms with E-state index >= 15 is 0 Å². The molecular weight excluding hydrogens is 260 g/mol. The summed E-state index contributed by atoms with van der Waals surface area (Å²) in [6, 6.07) is 0. The van der Waals surface area contributed by atoms with Crippen LogP contribution in [0.2, 0.25) is 0 Å². The van der Waals surface area contributed by atoms with Crippen molar-refractivity contribution in [2.45, 2.75) is 89.6 Å². The lowest BCUT2D eigenvalue weighted by atomic mass is 9.36. The highest BCUT2D eigenvalue weighted by atomic mass is 16.3. The first-order chi connectivity index (χ1) is 9.98. The molecule has 4 aliphatic rings. The molecule has 2 bridgehead atoms. The van der Waals surface area contributed by atoms with Crippen molar-refractivity contribution in [1.82, 2.24) is 0 Å². The highest BCUT2D eigenvalue weighted by Crippen LogP contribution is 2.74. The molecule has 4 fully saturated rings. The molecule has 21 heavy (non-hydrogen) atoms. The van der Waals surface area contributed by atoms with Crippen LogP contribution in [0.3, 0.4) is 0 Å². The average molecular weight is 292 g/mol. The normalized spacial score (nSPS) is 51.9. The first kappa shape index (κ1) is 14.5. The molecule has 0 amide bonds. The molecule has 4 unspecified atom stereocenters. The van der Waals surface area contributed by atoms with Gasteiger partial charge in [0.05, 0.1) is 5.60 Å². The summed E-state index contributed by atoms with van der Waals surface area (Å²) in [5.74, 6) is 0.371. The van der Waals surface area contributed by atoms with Gasteiger partial charge in [0.25, 0.3) is 0 Å². The Morgan fingerprint density at radius 3 is 2.38 bits per heavy atom. The largest absolute Gasteiger partial charge is 0.396 e. The molecule has 120 valence electrons. The van der Waals surface area contributed by atoms with E-state index in [1.807, 2.05) is 0 Å². The zero-order valence-electron chi connectivity index (χ0n) is 13.7. The third-order valence-electron chi connectivity index (χ3n) is 8.36. The highest BCUT2D eigenvalue weighted by molar-refractivity contribution is 5.20. The monoisotopic (exact) mass is 292 g/mol. The molecule has 4 atom stereocenters. The van der Waals surface area contributed by atoms with Gasteiger partial charge in [0.1, 0.15) is 0 Å². The van der Waals surface area contributed by atoms with Gasteiger partial charge in [-0.3, -0.25) is 0 Å². The Balaban J connectivity index is 1.73. The van der Waals surface area contributed by atoms with Gasteiger partial charge in [-0.1, -0.05) is 32.6 Å². The minimum absolute atomic E-state index is 0.0459. The van der Waals surface area contributed by atoms with Crippen molar-refractivity contribution in [3.05, 3.63) is 0 Å². The third kappa shape index (κ3) is 1.78. The van der Waals surface area contributed by atoms with E-state index in [4.69, 9.17) is 0 Å². The summed E-state index contributed by atoms with van der Waals surface area (Å²) in [6.45, 7) is 2.70. The van der Waals surface area contributed by atoms with Crippen LogP contribution < -0.4 is 0 Å². The van der Waals surface area contributed by atoms with Crippen LogP contribution in [0.1, 0.15) is 84.0 Å². The molecule has 0 heterocycles. The number of fused-ring (bicyclic) bond motifs is 5. The van der Waals surface area contributed by atoms with Crippen LogP contribution in [0.25, 0.3) is 0 Å². The fourth-order valence-corrected chi connectivity index (χ4v) is 7.23. The lowest BCUT2D eigenvalue weighted by molar-refractivity contribution is -0.255. The van der Waals surface area contributed by atoms with Crippen LogP contribution in [-0.4, -0.2) is 22.4 Å². The second kappa shape index (κ2) is 4.47. The SMILES string of the molecule is CC12CCCC(O)(C1)C1CC3(CCCCC3)C1(CO)CC2. The van der Waals surface area contributed by atoms with Gasteiger partial charge in [0.2, 0.25) is 0 Å². The lowest BCUT2D eigenvalue weighted by Gasteiger charge is -2.69. The summed E-state index contributed by atoms with van der Waals surface area (Å²) in [6.07, 6.45) is 14.6. The molecule has 0 saturated heterocycles. The number of rotatable bonds is 1. The van der Waals surface area contributed by atoms with Gasteiger partial charge in [-0.05, 0) is 68.1 Å². The first-order valence-corrected chi connectivity index (χ1v) is 9.31. The summed E-state index contributed by atoms with van der Waals surface area (Å²) in [5.41, 5.74) is 0.260. The van der Waals surface area contributed by atoms with E-state index in [-0.39, 0.29) is 5.41 Å². The van der Waals surface area contributed by atoms with Gasteiger partial charge in [-0.15, -0.1) is 0 Å². The Hall–Kier alpha value is -0.0800. The molecule has 0 radical (unpaired) electrons. The molecular formula is C19H32O2. The first-order valence-electron chi connectivity index (χ1n) is 9.31. The molecule has 2 heteroatoms. The number of hydrogen-bond donors (Lipinski definition) is 2. The van der Waals surface area contributed by atoms with Gasteiger partial charge >= 0.3 is 0 Å². The van der Waals surface area contributed by atoms with Crippen molar-refractivity contribution >= 4 is 0 Å². The van der Waals surface area contributed by atoms with E-state index < -0.39 is 5.60 Å². The maximum atomic E-state index is 11.4. The minimum atomic E-state index is -0.477. The Morgan fingerprint density at radius 1 is 0.905 bits per heavy atom. The second-order valence-corrected chi connectivity index (χ2v) is 9.36. The molecule has 0 aromatic heterocycles. The second-order valence-electron chi connectivity index (χ2n) is 9.36. The van der Waals surface area contributed by atoms with E-state index in [1.165, 1.54) is 57.8 Å². The maximum Gasteiger partial charge on any atom is 0.0687 e. The van der Waals surface area contributed by atoms with E-state index in [0.717, 1.165) is 19.3 Å². The van der Waals surface area contributed by atoms with E-state index in [9.17, 15) is 10.2 Å². The number of aliphatic hydroxyl groups is 2. The predicted molar refractivity (Wildman–Crippen MR) is 83.9 cm³/mol. The predicted octanol–water partition coefficient (Wildman–Crippen LogP) is 4.04. The molecule has 0 aliphatic heterocycles. The Kier molecular flexibility index (Phi) is 3.09. The van der Waals surface area contributed by atoms with Gasteiger partial charge in [0, 0.05) is 12.0 Å². The van der Waals surface area contributed by atoms with Crippen molar-refractivity contribution in [2.75, 3.05) is 6.61 Å². The number of aliphatic hydroxyl groups excluding tert-OH is 1. The van der Waals surface area contributed by atoms with Gasteiger partial charge in [-0.25, -0.2) is 0 Å². The van der Waals surface area contributed by atoms with Gasteiger partial charge < -0.3 is 10.2 Å². The summed E-state index contributed by atoms with van der Waals surface area (Å²) < 4.78 is 0. The summed E-state index contributed by atoms with van der Waals surface area (Å²) >= 11 is 0. The molecule has 4 aliphatic carbocycles. The van der Waals surface area contributed by atoms with Crippen LogP contribution in [0.5, 0.6) is 0 Å². The third-order valence-corrected chi connectivity index (χ3v) is 8.36. The van der Waals surface area contributed by atoms with Gasteiger partial charge in [-0.2, -0.15) is 0 Å². The zero-order valence-corrected chi connectivity index (χ0v) is 13.7. The van der Waals surface area contributed by atoms with Crippen molar-refractivity contribution < 1.29 is 10.2 Å². The lowest BCUT2D eigenvalue weighted by Crippen LogP contribution is -2.67. The topological polar surface area (TPSA) is 40.5 Å². The summed E-state index contributed by atoms with van der Waals surface area (Å²) in [7, 11) is 0. The molecule has 0 aromatic carbocycles. The van der Waals surface area contributed by atoms with Crippen LogP contribution in [0.4, 0.5) is 0 Å². The molecule has 4 rings (SSSR count). The number of hydrogen-bond acceptors (Lipinski definition) is 2. The highest BCUT2D eigenvalue weighted by Gasteiger charge is 2.71. The molecule has 1 spiro atoms. The van der Waals surface area contributed by atoms with Crippen LogP contribution in [0.15, 0.2) is 0 Å². The molecule has 2 N–H and O–H groups in total. The Morgan fingerprint density at radius 2 is 1.67 bits per heavy atom. The van der Waals surface area contributed by atoms with E-state index in [2.05, 4.69) is 6.92 Å². The van der Waals surface area contributed by atoms with Crippen LogP contribution in [0, 0.1) is 22.2 Å². The van der Waals surface area contributed by atoms with Crippen molar-refractivity contribution in [1.29, 1.82) is 0 Å². The molecule has 2 nitrogen and oxygen atoms in total. The fourth-order valence-electron chi connectivity index (χ4n) is 7.23.